The number of rotatable bonds is 3. The number of imide groups is 1. The first-order valence-electron chi connectivity index (χ1n) is 9.28. The van der Waals surface area contributed by atoms with Crippen LogP contribution < -0.4 is 5.32 Å². The molecular formula is C19H22N4O5S. The molecule has 4 heterocycles. The lowest BCUT2D eigenvalue weighted by Gasteiger charge is -2.25. The monoisotopic (exact) mass is 418 g/mol. The van der Waals surface area contributed by atoms with Gasteiger partial charge in [-0.2, -0.15) is 0 Å². The Morgan fingerprint density at radius 2 is 2.21 bits per heavy atom. The molecule has 2 aliphatic heterocycles. The maximum absolute atomic E-state index is 13.0. The molecule has 2 aromatic heterocycles. The molecule has 4 rings (SSSR count). The summed E-state index contributed by atoms with van der Waals surface area (Å²) in [5.41, 5.74) is -1.26. The van der Waals surface area contributed by atoms with Crippen LogP contribution in [0.2, 0.25) is 0 Å². The Morgan fingerprint density at radius 3 is 2.90 bits per heavy atom. The summed E-state index contributed by atoms with van der Waals surface area (Å²) in [7, 11) is 0. The van der Waals surface area contributed by atoms with Crippen LogP contribution in [-0.4, -0.2) is 57.2 Å². The molecule has 0 radical (unpaired) electrons. The Morgan fingerprint density at radius 1 is 1.41 bits per heavy atom. The lowest BCUT2D eigenvalue weighted by molar-refractivity contribution is -0.131. The van der Waals surface area contributed by atoms with Crippen molar-refractivity contribution in [3.8, 4) is 10.6 Å². The number of thiophene rings is 1. The molecule has 2 fully saturated rings. The highest BCUT2D eigenvalue weighted by molar-refractivity contribution is 7.13. The van der Waals surface area contributed by atoms with Crippen LogP contribution in [0.3, 0.4) is 0 Å². The van der Waals surface area contributed by atoms with Crippen LogP contribution in [0.1, 0.15) is 32.9 Å². The predicted molar refractivity (Wildman–Crippen MR) is 104 cm³/mol. The molecule has 29 heavy (non-hydrogen) atoms. The fraction of sp³-hybridized carbons (Fsp3) is 0.474. The molecule has 1 atom stereocenters. The largest absolute Gasteiger partial charge is 0.444 e. The van der Waals surface area contributed by atoms with Crippen LogP contribution in [0.15, 0.2) is 28.1 Å². The van der Waals surface area contributed by atoms with E-state index in [2.05, 4.69) is 10.5 Å². The molecule has 2 saturated heterocycles. The van der Waals surface area contributed by atoms with E-state index in [9.17, 15) is 14.4 Å². The molecule has 0 aliphatic carbocycles. The smallest absolute Gasteiger partial charge is 0.410 e. The second-order valence-corrected chi connectivity index (χ2v) is 9.16. The Hall–Kier alpha value is -2.88. The third-order valence-corrected chi connectivity index (χ3v) is 5.69. The standard InChI is InChI=1S/C19H22N4O5S/c1-18(2,3)27-17(26)22-7-6-19(11-22)15(24)23(16(25)20-19)10-12-9-13(28-21-12)14-5-4-8-29-14/h4-5,8-9H,6-7,10-11H2,1-3H3,(H,20,25). The number of carbonyl (C=O) groups is 3. The molecule has 10 heteroatoms. The molecule has 1 N–H and O–H groups in total. The minimum atomic E-state index is -1.12. The maximum Gasteiger partial charge on any atom is 0.410 e. The highest BCUT2D eigenvalue weighted by atomic mass is 32.1. The number of carbonyl (C=O) groups excluding carboxylic acids is 3. The Kier molecular flexibility index (Phi) is 4.60. The van der Waals surface area contributed by atoms with Crippen molar-refractivity contribution in [2.45, 2.75) is 44.9 Å². The first-order valence-corrected chi connectivity index (χ1v) is 10.2. The van der Waals surface area contributed by atoms with Gasteiger partial charge in [-0.1, -0.05) is 11.2 Å². The average molecular weight is 418 g/mol. The minimum Gasteiger partial charge on any atom is -0.444 e. The van der Waals surface area contributed by atoms with E-state index in [1.54, 1.807) is 26.8 Å². The van der Waals surface area contributed by atoms with Gasteiger partial charge in [-0.25, -0.2) is 9.59 Å². The Labute approximate surface area is 171 Å². The predicted octanol–water partition coefficient (Wildman–Crippen LogP) is 2.83. The van der Waals surface area contributed by atoms with Gasteiger partial charge in [-0.3, -0.25) is 9.69 Å². The first kappa shape index (κ1) is 19.4. The summed E-state index contributed by atoms with van der Waals surface area (Å²) in [6.07, 6.45) is -0.154. The molecule has 9 nitrogen and oxygen atoms in total. The molecule has 1 spiro atoms. The molecule has 0 bridgehead atoms. The Bertz CT molecular complexity index is 948. The summed E-state index contributed by atoms with van der Waals surface area (Å²) in [5.74, 6) is 0.225. The molecule has 4 amide bonds. The summed E-state index contributed by atoms with van der Waals surface area (Å²) < 4.78 is 10.7. The molecule has 2 aromatic rings. The van der Waals surface area contributed by atoms with Crippen molar-refractivity contribution in [1.29, 1.82) is 0 Å². The number of nitrogens with one attached hydrogen (secondary N) is 1. The van der Waals surface area contributed by atoms with Crippen LogP contribution in [0.4, 0.5) is 9.59 Å². The average Bonchev–Trinajstić information content (AvgIpc) is 3.39. The van der Waals surface area contributed by atoms with Gasteiger partial charge in [0.1, 0.15) is 16.8 Å². The van der Waals surface area contributed by atoms with E-state index in [-0.39, 0.29) is 19.0 Å². The lowest BCUT2D eigenvalue weighted by Crippen LogP contribution is -2.50. The van der Waals surface area contributed by atoms with Crippen molar-refractivity contribution in [1.82, 2.24) is 20.3 Å². The topological polar surface area (TPSA) is 105 Å². The quantitative estimate of drug-likeness (QED) is 0.769. The van der Waals surface area contributed by atoms with Gasteiger partial charge in [0.15, 0.2) is 5.76 Å². The van der Waals surface area contributed by atoms with Crippen LogP contribution in [0.5, 0.6) is 0 Å². The van der Waals surface area contributed by atoms with Crippen molar-refractivity contribution in [3.63, 3.8) is 0 Å². The molecule has 1 unspecified atom stereocenters. The summed E-state index contributed by atoms with van der Waals surface area (Å²) in [6.45, 7) is 5.77. The van der Waals surface area contributed by atoms with Crippen LogP contribution in [-0.2, 0) is 16.1 Å². The Balaban J connectivity index is 1.45. The molecule has 0 saturated carbocycles. The minimum absolute atomic E-state index is 0.00767. The van der Waals surface area contributed by atoms with E-state index in [1.807, 2.05) is 17.5 Å². The molecular weight excluding hydrogens is 396 g/mol. The van der Waals surface area contributed by atoms with E-state index in [4.69, 9.17) is 9.26 Å². The van der Waals surface area contributed by atoms with Crippen LogP contribution in [0.25, 0.3) is 10.6 Å². The van der Waals surface area contributed by atoms with Crippen molar-refractivity contribution in [2.24, 2.45) is 0 Å². The second kappa shape index (κ2) is 6.87. The third-order valence-electron chi connectivity index (χ3n) is 4.81. The highest BCUT2D eigenvalue weighted by Gasteiger charge is 2.56. The van der Waals surface area contributed by atoms with Crippen molar-refractivity contribution in [2.75, 3.05) is 13.1 Å². The molecule has 2 aliphatic rings. The molecule has 154 valence electrons. The first-order chi connectivity index (χ1) is 13.7. The number of hydrogen-bond donors (Lipinski definition) is 1. The van der Waals surface area contributed by atoms with Crippen LogP contribution >= 0.6 is 11.3 Å². The number of urea groups is 1. The van der Waals surface area contributed by atoms with Gasteiger partial charge in [-0.05, 0) is 38.6 Å². The normalized spacial score (nSPS) is 21.9. The number of likely N-dealkylation sites (tertiary alicyclic amines) is 1. The fourth-order valence-electron chi connectivity index (χ4n) is 3.47. The van der Waals surface area contributed by atoms with Gasteiger partial charge in [-0.15, -0.1) is 11.3 Å². The summed E-state index contributed by atoms with van der Waals surface area (Å²) in [4.78, 5) is 41.4. The number of amides is 4. The lowest BCUT2D eigenvalue weighted by atomic mass is 9.99. The summed E-state index contributed by atoms with van der Waals surface area (Å²) in [6, 6.07) is 5.03. The van der Waals surface area contributed by atoms with Gasteiger partial charge < -0.3 is 19.5 Å². The molecule has 0 aromatic carbocycles. The van der Waals surface area contributed by atoms with E-state index in [0.717, 1.165) is 9.78 Å². The van der Waals surface area contributed by atoms with Crippen LogP contribution in [0, 0.1) is 0 Å². The third kappa shape index (κ3) is 3.71. The highest BCUT2D eigenvalue weighted by Crippen LogP contribution is 2.31. The zero-order chi connectivity index (χ0) is 20.8. The van der Waals surface area contributed by atoms with Crippen molar-refractivity contribution >= 4 is 29.4 Å². The van der Waals surface area contributed by atoms with Gasteiger partial charge in [0, 0.05) is 12.6 Å². The number of hydrogen-bond acceptors (Lipinski definition) is 7. The number of ether oxygens (including phenoxy) is 1. The van der Waals surface area contributed by atoms with E-state index in [1.165, 1.54) is 16.2 Å². The van der Waals surface area contributed by atoms with Gasteiger partial charge in [0.05, 0.1) is 18.0 Å². The van der Waals surface area contributed by atoms with E-state index >= 15 is 0 Å². The SMILES string of the molecule is CC(C)(C)OC(=O)N1CCC2(C1)NC(=O)N(Cc1cc(-c3cccs3)on1)C2=O. The summed E-state index contributed by atoms with van der Waals surface area (Å²) >= 11 is 1.51. The number of nitrogens with zero attached hydrogens (tertiary/aromatic N) is 3. The van der Waals surface area contributed by atoms with Crippen molar-refractivity contribution < 1.29 is 23.6 Å². The summed E-state index contributed by atoms with van der Waals surface area (Å²) in [5, 5.41) is 8.67. The van der Waals surface area contributed by atoms with Crippen molar-refractivity contribution in [3.05, 3.63) is 29.3 Å². The van der Waals surface area contributed by atoms with Gasteiger partial charge in [0.25, 0.3) is 5.91 Å². The zero-order valence-electron chi connectivity index (χ0n) is 16.4. The van der Waals surface area contributed by atoms with Gasteiger partial charge >= 0.3 is 12.1 Å². The zero-order valence-corrected chi connectivity index (χ0v) is 17.2. The maximum atomic E-state index is 13.0. The van der Waals surface area contributed by atoms with E-state index < -0.39 is 23.3 Å². The number of aromatic nitrogens is 1. The van der Waals surface area contributed by atoms with E-state index in [0.29, 0.717) is 24.4 Å². The fourth-order valence-corrected chi connectivity index (χ4v) is 4.14. The van der Waals surface area contributed by atoms with Gasteiger partial charge in [0.2, 0.25) is 0 Å². The second-order valence-electron chi connectivity index (χ2n) is 8.22.